The van der Waals surface area contributed by atoms with Gasteiger partial charge in [-0.25, -0.2) is 0 Å². The second-order valence-electron chi connectivity index (χ2n) is 2.02. The molecule has 0 amide bonds. The first-order valence-electron chi connectivity index (χ1n) is 2.99. The minimum absolute atomic E-state index is 0. The molecule has 1 fully saturated rings. The fourth-order valence-corrected chi connectivity index (χ4v) is 1.24. The maximum atomic E-state index is 4.88. The summed E-state index contributed by atoms with van der Waals surface area (Å²) in [4.78, 5) is 2.09. The van der Waals surface area contributed by atoms with E-state index in [2.05, 4.69) is 22.8 Å². The summed E-state index contributed by atoms with van der Waals surface area (Å²) in [7, 11) is 0. The van der Waals surface area contributed by atoms with Crippen molar-refractivity contribution in [2.24, 2.45) is 0 Å². The molecule has 2 nitrogen and oxygen atoms in total. The normalized spacial score (nSPS) is 17.9. The Morgan fingerprint density at radius 1 is 1.50 bits per heavy atom. The largest absolute Gasteiger partial charge is 1.00 e. The van der Waals surface area contributed by atoms with E-state index in [4.69, 9.17) is 12.2 Å². The van der Waals surface area contributed by atoms with Crippen molar-refractivity contribution in [3.8, 4) is 0 Å². The Morgan fingerprint density at radius 3 is 2.30 bits per heavy atom. The van der Waals surface area contributed by atoms with Crippen molar-refractivity contribution in [1.29, 1.82) is 0 Å². The number of rotatable bonds is 0. The van der Waals surface area contributed by atoms with E-state index in [9.17, 15) is 0 Å². The van der Waals surface area contributed by atoms with Crippen molar-refractivity contribution in [1.82, 2.24) is 10.2 Å². The van der Waals surface area contributed by atoms with Crippen LogP contribution in [0.25, 0.3) is 0 Å². The van der Waals surface area contributed by atoms with Gasteiger partial charge in [0.05, 0.1) is 0 Å². The van der Waals surface area contributed by atoms with E-state index in [0.717, 1.165) is 30.5 Å². The summed E-state index contributed by atoms with van der Waals surface area (Å²) in [5, 5.41) is 3.23. The molecule has 5 heteroatoms. The van der Waals surface area contributed by atoms with Crippen LogP contribution in [-0.4, -0.2) is 35.4 Å². The van der Waals surface area contributed by atoms with Gasteiger partial charge >= 0.3 is 29.6 Å². The Bertz CT molecular complexity index is 119. The van der Waals surface area contributed by atoms with E-state index in [1.807, 2.05) is 0 Å². The van der Waals surface area contributed by atoms with Crippen LogP contribution in [0.4, 0.5) is 0 Å². The van der Waals surface area contributed by atoms with E-state index < -0.39 is 0 Å². The molecule has 0 spiro atoms. The van der Waals surface area contributed by atoms with Crippen LogP contribution >= 0.6 is 24.8 Å². The second-order valence-corrected chi connectivity index (χ2v) is 3.13. The Morgan fingerprint density at radius 2 is 2.00 bits per heavy atom. The summed E-state index contributed by atoms with van der Waals surface area (Å²) in [6.07, 6.45) is 0. The number of nitrogens with one attached hydrogen (secondary N) is 1. The molecule has 0 saturated carbocycles. The van der Waals surface area contributed by atoms with E-state index in [1.165, 1.54) is 0 Å². The smallest absolute Gasteiger partial charge is 1.00 e. The van der Waals surface area contributed by atoms with E-state index >= 15 is 0 Å². The van der Waals surface area contributed by atoms with Gasteiger partial charge < -0.3 is 11.6 Å². The topological polar surface area (TPSA) is 15.3 Å². The van der Waals surface area contributed by atoms with E-state index in [-0.39, 0.29) is 31.0 Å². The second kappa shape index (κ2) is 5.80. The van der Waals surface area contributed by atoms with Crippen LogP contribution in [0.2, 0.25) is 0 Å². The number of nitrogens with zero attached hydrogens (tertiary/aromatic N) is 1. The first-order chi connectivity index (χ1) is 4.30. The molecule has 0 aromatic carbocycles. The fourth-order valence-electron chi connectivity index (χ4n) is 0.856. The molecule has 0 radical (unpaired) electrons. The molecular weight excluding hydrogens is 175 g/mol. The number of piperazine rings is 1. The third kappa shape index (κ3) is 3.55. The molecule has 0 aromatic heterocycles. The number of hydrogen-bond acceptors (Lipinski definition) is 2. The van der Waals surface area contributed by atoms with Gasteiger partial charge in [0.2, 0.25) is 0 Å². The predicted octanol–water partition coefficient (Wildman–Crippen LogP) is -2.78. The molecule has 0 atom stereocenters. The van der Waals surface area contributed by atoms with Crippen LogP contribution in [0.1, 0.15) is 1.43 Å². The van der Waals surface area contributed by atoms with Crippen molar-refractivity contribution >= 4 is 29.2 Å². The summed E-state index contributed by atoms with van der Waals surface area (Å²) in [5.41, 5.74) is 0. The maximum Gasteiger partial charge on any atom is 1.00 e. The third-order valence-electron chi connectivity index (χ3n) is 1.39. The van der Waals surface area contributed by atoms with Crippen molar-refractivity contribution in [3.63, 3.8) is 0 Å². The average molecular weight is 186 g/mol. The van der Waals surface area contributed by atoms with Crippen molar-refractivity contribution < 1.29 is 31.0 Å². The Hall–Kier alpha value is 1.20. The molecule has 0 aromatic rings. The Labute approximate surface area is 95.9 Å². The van der Waals surface area contributed by atoms with E-state index in [0.29, 0.717) is 0 Å². The van der Waals surface area contributed by atoms with Gasteiger partial charge in [-0.1, -0.05) is 12.2 Å². The number of thiocarbonyl (C=S) groups is 1. The molecule has 1 rings (SSSR count). The molecule has 0 bridgehead atoms. The van der Waals surface area contributed by atoms with Gasteiger partial charge in [-0.15, -0.1) is 12.6 Å². The summed E-state index contributed by atoms with van der Waals surface area (Å²) in [6, 6.07) is 0. The van der Waals surface area contributed by atoms with Crippen molar-refractivity contribution in [2.45, 2.75) is 0 Å². The fraction of sp³-hybridized carbons (Fsp3) is 0.800. The van der Waals surface area contributed by atoms with Crippen LogP contribution < -0.4 is 34.9 Å². The summed E-state index contributed by atoms with van der Waals surface area (Å²) < 4.78 is 0.719. The van der Waals surface area contributed by atoms with Crippen LogP contribution in [0.3, 0.4) is 0 Å². The number of hydrogen-bond donors (Lipinski definition) is 2. The molecule has 0 aliphatic carbocycles. The molecule has 0 unspecified atom stereocenters. The zero-order chi connectivity index (χ0) is 6.69. The van der Waals surface area contributed by atoms with Gasteiger partial charge in [0.25, 0.3) is 0 Å². The SMILES string of the molecule is S=C(S)N1CCNCC1.[H-].[Na+]. The van der Waals surface area contributed by atoms with Gasteiger partial charge in [-0.05, 0) is 0 Å². The molecule has 1 N–H and O–H groups in total. The van der Waals surface area contributed by atoms with Gasteiger partial charge in [-0.3, -0.25) is 0 Å². The first kappa shape index (κ1) is 11.2. The zero-order valence-corrected chi connectivity index (χ0v) is 9.84. The van der Waals surface area contributed by atoms with Gasteiger partial charge in [0.15, 0.2) is 0 Å². The first-order valence-corrected chi connectivity index (χ1v) is 3.85. The Kier molecular flexibility index (Phi) is 6.50. The summed E-state index contributed by atoms with van der Waals surface area (Å²) in [6.45, 7) is 4.06. The summed E-state index contributed by atoms with van der Waals surface area (Å²) in [5.74, 6) is 0. The third-order valence-corrected chi connectivity index (χ3v) is 1.93. The van der Waals surface area contributed by atoms with Crippen LogP contribution in [-0.2, 0) is 0 Å². The molecule has 10 heavy (non-hydrogen) atoms. The summed E-state index contributed by atoms with van der Waals surface area (Å²) >= 11 is 8.95. The molecular formula is C5H11N2NaS2. The van der Waals surface area contributed by atoms with Crippen molar-refractivity contribution in [3.05, 3.63) is 0 Å². The van der Waals surface area contributed by atoms with Crippen LogP contribution in [0.5, 0.6) is 0 Å². The molecule has 54 valence electrons. The monoisotopic (exact) mass is 186 g/mol. The number of thiol groups is 1. The minimum Gasteiger partial charge on any atom is -1.00 e. The quantitative estimate of drug-likeness (QED) is 0.242. The standard InChI is InChI=1S/C5H10N2S2.Na.H/c8-5(9)7-3-1-6-2-4-7;;/h6H,1-4H2,(H,8,9);;/q;+1;-1. The van der Waals surface area contributed by atoms with E-state index in [1.54, 1.807) is 0 Å². The molecule has 1 aliphatic rings. The maximum absolute atomic E-state index is 4.88. The van der Waals surface area contributed by atoms with Gasteiger partial charge in [0, 0.05) is 26.2 Å². The average Bonchev–Trinajstić information content (AvgIpc) is 1.90. The molecule has 1 saturated heterocycles. The minimum atomic E-state index is 0. The predicted molar refractivity (Wildman–Crippen MR) is 47.1 cm³/mol. The van der Waals surface area contributed by atoms with Crippen LogP contribution in [0.15, 0.2) is 0 Å². The van der Waals surface area contributed by atoms with Gasteiger partial charge in [0.1, 0.15) is 4.32 Å². The zero-order valence-electron chi connectivity index (χ0n) is 7.13. The van der Waals surface area contributed by atoms with Gasteiger partial charge in [-0.2, -0.15) is 0 Å². The Balaban J connectivity index is 0. The molecule has 1 aliphatic heterocycles. The van der Waals surface area contributed by atoms with Crippen molar-refractivity contribution in [2.75, 3.05) is 26.2 Å². The molecule has 1 heterocycles. The van der Waals surface area contributed by atoms with Crippen LogP contribution in [0, 0.1) is 0 Å².